The first-order valence-electron chi connectivity index (χ1n) is 16.2. The molecule has 0 saturated carbocycles. The standard InChI is InChI=1S/C30H41.C12H7Si.2ClH.Zr/c1-19(2)25-13-12-20-14-24(30(9,10)11)18-26(20)27(25)21-15-22(28(3,4)5)17-23(16-21)29(6,7)8;1-3-7-11-9(5-1)10-6-2-4-8-12(10)13-11;;;/h12-19H,1-11H3;1-7H;2*1H;/q2*-1;;;+4/p-2. The Morgan fingerprint density at radius 2 is 1.30 bits per heavy atom. The molecule has 6 rings (SSSR count). The second kappa shape index (κ2) is 14.7. The van der Waals surface area contributed by atoms with Crippen LogP contribution < -0.4 is 10.4 Å². The molecular formula is C42H48Cl2SiZr. The zero-order valence-electron chi connectivity index (χ0n) is 29.4. The van der Waals surface area contributed by atoms with E-state index < -0.39 is 20.8 Å². The predicted molar refractivity (Wildman–Crippen MR) is 203 cm³/mol. The Bertz CT molecular complexity index is 1720. The molecule has 2 radical (unpaired) electrons. The molecule has 1 aliphatic heterocycles. The Morgan fingerprint density at radius 3 is 1.87 bits per heavy atom. The Morgan fingerprint density at radius 1 is 0.717 bits per heavy atom. The number of hydrogen-bond acceptors (Lipinski definition) is 0. The predicted octanol–water partition coefficient (Wildman–Crippen LogP) is 11.7. The molecule has 0 nitrogen and oxygen atoms in total. The normalized spacial score (nSPS) is 12.5. The van der Waals surface area contributed by atoms with Gasteiger partial charge in [-0.25, -0.2) is 0 Å². The van der Waals surface area contributed by atoms with E-state index in [2.05, 4.69) is 161 Å². The van der Waals surface area contributed by atoms with Crippen LogP contribution in [0.25, 0.3) is 33.0 Å². The minimum Gasteiger partial charge on any atom is -0.184 e. The third kappa shape index (κ3) is 8.60. The molecule has 0 aliphatic carbocycles. The quantitative estimate of drug-likeness (QED) is 0.122. The van der Waals surface area contributed by atoms with Crippen LogP contribution in [0.4, 0.5) is 0 Å². The number of rotatable bonds is 2. The van der Waals surface area contributed by atoms with Gasteiger partial charge in [0.1, 0.15) is 0 Å². The zero-order chi connectivity index (χ0) is 34.0. The molecule has 0 amide bonds. The van der Waals surface area contributed by atoms with E-state index in [1.165, 1.54) is 65.7 Å². The van der Waals surface area contributed by atoms with Crippen molar-refractivity contribution in [3.05, 3.63) is 113 Å². The fourth-order valence-electron chi connectivity index (χ4n) is 5.90. The molecule has 0 fully saturated rings. The number of halogens is 2. The Balaban J connectivity index is 0.000000245. The largest absolute Gasteiger partial charge is 0.184 e. The van der Waals surface area contributed by atoms with Gasteiger partial charge in [-0.1, -0.05) is 141 Å². The van der Waals surface area contributed by atoms with Crippen LogP contribution in [0.5, 0.6) is 0 Å². The molecular weight excluding hydrogens is 695 g/mol. The molecule has 0 atom stereocenters. The first-order valence-corrected chi connectivity index (χ1v) is 23.5. The van der Waals surface area contributed by atoms with Crippen molar-refractivity contribution in [2.24, 2.45) is 0 Å². The van der Waals surface area contributed by atoms with Crippen LogP contribution in [-0.2, 0) is 37.1 Å². The van der Waals surface area contributed by atoms with Crippen LogP contribution in [0.2, 0.25) is 0 Å². The van der Waals surface area contributed by atoms with Gasteiger partial charge in [0.15, 0.2) is 0 Å². The Hall–Kier alpha value is -1.83. The third-order valence-corrected chi connectivity index (χ3v) is 10.1. The summed E-state index contributed by atoms with van der Waals surface area (Å²) >= 11 is -0.826. The van der Waals surface area contributed by atoms with E-state index in [4.69, 9.17) is 17.0 Å². The zero-order valence-corrected chi connectivity index (χ0v) is 34.4. The van der Waals surface area contributed by atoms with Crippen molar-refractivity contribution in [2.45, 2.75) is 98.3 Å². The van der Waals surface area contributed by atoms with Crippen molar-refractivity contribution in [3.8, 4) is 22.3 Å². The van der Waals surface area contributed by atoms with Gasteiger partial charge in [-0.15, -0.1) is 40.1 Å². The summed E-state index contributed by atoms with van der Waals surface area (Å²) < 4.78 is 0. The molecule has 0 saturated heterocycles. The molecule has 1 aliphatic rings. The second-order valence-electron chi connectivity index (χ2n) is 15.7. The van der Waals surface area contributed by atoms with E-state index >= 15 is 0 Å². The van der Waals surface area contributed by atoms with Gasteiger partial charge in [0.25, 0.3) is 0 Å². The minimum atomic E-state index is -0.826. The molecule has 0 spiro atoms. The van der Waals surface area contributed by atoms with Gasteiger partial charge >= 0.3 is 37.9 Å². The van der Waals surface area contributed by atoms with E-state index in [0.717, 1.165) is 9.52 Å². The summed E-state index contributed by atoms with van der Waals surface area (Å²) in [4.78, 5) is 0. The molecule has 238 valence electrons. The Kier molecular flexibility index (Phi) is 11.9. The van der Waals surface area contributed by atoms with Crippen LogP contribution in [0.3, 0.4) is 0 Å². The average molecular weight is 743 g/mol. The van der Waals surface area contributed by atoms with Crippen LogP contribution in [-0.4, -0.2) is 9.52 Å². The van der Waals surface area contributed by atoms with E-state index in [1.54, 1.807) is 0 Å². The summed E-state index contributed by atoms with van der Waals surface area (Å²) in [5.74, 6) is 0.480. The van der Waals surface area contributed by atoms with Crippen molar-refractivity contribution in [1.82, 2.24) is 0 Å². The van der Waals surface area contributed by atoms with E-state index in [1.807, 2.05) is 6.07 Å². The molecule has 0 unspecified atom stereocenters. The maximum Gasteiger partial charge on any atom is 0.0920 e. The Labute approximate surface area is 300 Å². The number of fused-ring (bicyclic) bond motifs is 4. The van der Waals surface area contributed by atoms with E-state index in [9.17, 15) is 0 Å². The smallest absolute Gasteiger partial charge is 0.0920 e. The van der Waals surface area contributed by atoms with Crippen LogP contribution in [0.1, 0.15) is 104 Å². The summed E-state index contributed by atoms with van der Waals surface area (Å²) in [6.07, 6.45) is 0. The maximum absolute atomic E-state index is 4.93. The van der Waals surface area contributed by atoms with Crippen molar-refractivity contribution < 1.29 is 20.8 Å². The SMILES string of the molecule is CC(C)c1ccc2[cH-]c(C(C)(C)C)cc2c1-c1cc(C(C)(C)C)cc(C(C)(C)C)c1.[Cl][Zr+2][Cl].[c-]1cccc2c1[Si]c1ccccc1-2. The first-order chi connectivity index (χ1) is 21.5. The second-order valence-corrected chi connectivity index (χ2v) is 20.7. The molecule has 1 heterocycles. The fraction of sp³-hybridized carbons (Fsp3) is 0.357. The van der Waals surface area contributed by atoms with Crippen LogP contribution in [0, 0.1) is 6.07 Å². The van der Waals surface area contributed by atoms with Gasteiger partial charge in [-0.2, -0.15) is 35.5 Å². The minimum absolute atomic E-state index is 0.116. The van der Waals surface area contributed by atoms with Gasteiger partial charge in [-0.05, 0) is 38.9 Å². The summed E-state index contributed by atoms with van der Waals surface area (Å²) in [5, 5.41) is 5.58. The summed E-state index contributed by atoms with van der Waals surface area (Å²) in [6.45, 7) is 25.5. The number of hydrogen-bond donors (Lipinski definition) is 0. The molecule has 4 heteroatoms. The molecule has 5 aromatic carbocycles. The number of benzene rings is 4. The van der Waals surface area contributed by atoms with Crippen molar-refractivity contribution >= 4 is 47.7 Å². The van der Waals surface area contributed by atoms with Gasteiger partial charge in [-0.3, -0.25) is 0 Å². The van der Waals surface area contributed by atoms with Crippen LogP contribution in [0.15, 0.2) is 84.9 Å². The van der Waals surface area contributed by atoms with Crippen molar-refractivity contribution in [1.29, 1.82) is 0 Å². The van der Waals surface area contributed by atoms with Crippen molar-refractivity contribution in [2.75, 3.05) is 0 Å². The monoisotopic (exact) mass is 740 g/mol. The van der Waals surface area contributed by atoms with Gasteiger partial charge < -0.3 is 0 Å². The topological polar surface area (TPSA) is 0 Å². The summed E-state index contributed by atoms with van der Waals surface area (Å²) in [5.41, 5.74) is 11.6. The van der Waals surface area contributed by atoms with E-state index in [0.29, 0.717) is 5.92 Å². The summed E-state index contributed by atoms with van der Waals surface area (Å²) in [7, 11) is 10.7. The maximum atomic E-state index is 4.93. The molecule has 0 N–H and O–H groups in total. The third-order valence-electron chi connectivity index (χ3n) is 8.70. The van der Waals surface area contributed by atoms with E-state index in [-0.39, 0.29) is 16.2 Å². The van der Waals surface area contributed by atoms with Gasteiger partial charge in [0.2, 0.25) is 0 Å². The summed E-state index contributed by atoms with van der Waals surface area (Å²) in [6, 6.07) is 35.0. The van der Waals surface area contributed by atoms with Crippen molar-refractivity contribution in [3.63, 3.8) is 0 Å². The van der Waals surface area contributed by atoms with Crippen LogP contribution >= 0.6 is 17.0 Å². The molecule has 5 aromatic rings. The molecule has 46 heavy (non-hydrogen) atoms. The fourth-order valence-corrected chi connectivity index (χ4v) is 7.21. The molecule has 0 bridgehead atoms. The molecule has 0 aromatic heterocycles. The average Bonchev–Trinajstić information content (AvgIpc) is 3.58. The van der Waals surface area contributed by atoms with Gasteiger partial charge in [0, 0.05) is 0 Å². The van der Waals surface area contributed by atoms with Gasteiger partial charge in [0.05, 0.1) is 9.52 Å². The first kappa shape index (κ1) is 37.0.